The Morgan fingerprint density at radius 1 is 1.10 bits per heavy atom. The van der Waals surface area contributed by atoms with Crippen molar-refractivity contribution < 1.29 is 9.84 Å². The molecule has 0 heterocycles. The maximum absolute atomic E-state index is 10.4. The number of nitrogens with zero attached hydrogens (tertiary/aromatic N) is 1. The van der Waals surface area contributed by atoms with E-state index in [1.165, 1.54) is 0 Å². The molecular formula is C17H29NO2. The van der Waals surface area contributed by atoms with Crippen LogP contribution < -0.4 is 4.74 Å². The van der Waals surface area contributed by atoms with Crippen molar-refractivity contribution in [2.24, 2.45) is 0 Å². The monoisotopic (exact) mass is 279 g/mol. The van der Waals surface area contributed by atoms with Crippen LogP contribution in [0.5, 0.6) is 5.75 Å². The third-order valence-electron chi connectivity index (χ3n) is 3.39. The minimum Gasteiger partial charge on any atom is -0.494 e. The Labute approximate surface area is 123 Å². The number of rotatable bonds is 9. The highest BCUT2D eigenvalue weighted by molar-refractivity contribution is 5.28. The molecule has 20 heavy (non-hydrogen) atoms. The molecule has 3 nitrogen and oxygen atoms in total. The van der Waals surface area contributed by atoms with Crippen LogP contribution in [0, 0.1) is 0 Å². The largest absolute Gasteiger partial charge is 0.494 e. The van der Waals surface area contributed by atoms with Crippen molar-refractivity contribution in [2.45, 2.75) is 52.7 Å². The molecule has 1 atom stereocenters. The zero-order valence-electron chi connectivity index (χ0n) is 13.3. The Morgan fingerprint density at radius 2 is 1.75 bits per heavy atom. The fraction of sp³-hybridized carbons (Fsp3) is 0.647. The van der Waals surface area contributed by atoms with Gasteiger partial charge in [0.1, 0.15) is 5.75 Å². The van der Waals surface area contributed by atoms with Crippen LogP contribution in [-0.2, 0) is 0 Å². The smallest absolute Gasteiger partial charge is 0.119 e. The molecule has 0 aliphatic heterocycles. The van der Waals surface area contributed by atoms with Gasteiger partial charge in [0, 0.05) is 12.6 Å². The Kier molecular flexibility index (Phi) is 7.63. The van der Waals surface area contributed by atoms with E-state index in [-0.39, 0.29) is 0 Å². The average Bonchev–Trinajstić information content (AvgIpc) is 2.45. The van der Waals surface area contributed by atoms with Crippen molar-refractivity contribution in [3.63, 3.8) is 0 Å². The molecule has 0 spiro atoms. The second kappa shape index (κ2) is 8.98. The van der Waals surface area contributed by atoms with Gasteiger partial charge in [-0.3, -0.25) is 4.90 Å². The molecule has 0 bridgehead atoms. The number of benzene rings is 1. The lowest BCUT2D eigenvalue weighted by atomic mass is 10.1. The summed E-state index contributed by atoms with van der Waals surface area (Å²) in [5.41, 5.74) is 0.954. The van der Waals surface area contributed by atoms with Crippen LogP contribution in [0.1, 0.15) is 52.2 Å². The van der Waals surface area contributed by atoms with E-state index >= 15 is 0 Å². The predicted molar refractivity (Wildman–Crippen MR) is 84.2 cm³/mol. The standard InChI is InChI=1S/C17H29NO2/c1-5-11-18(14(3)4)13-17(19)15-7-9-16(10-8-15)20-12-6-2/h7-10,14,17,19H,5-6,11-13H2,1-4H3. The first kappa shape index (κ1) is 17.0. The van der Waals surface area contributed by atoms with Crippen LogP contribution in [-0.4, -0.2) is 35.7 Å². The molecule has 1 rings (SSSR count). The quantitative estimate of drug-likeness (QED) is 0.749. The van der Waals surface area contributed by atoms with Crippen molar-refractivity contribution in [1.29, 1.82) is 0 Å². The summed E-state index contributed by atoms with van der Waals surface area (Å²) in [5.74, 6) is 0.872. The fourth-order valence-electron chi connectivity index (χ4n) is 2.18. The number of hydrogen-bond acceptors (Lipinski definition) is 3. The fourth-order valence-corrected chi connectivity index (χ4v) is 2.18. The predicted octanol–water partition coefficient (Wildman–Crippen LogP) is 3.63. The summed E-state index contributed by atoms with van der Waals surface area (Å²) in [6, 6.07) is 8.25. The van der Waals surface area contributed by atoms with E-state index in [4.69, 9.17) is 4.74 Å². The van der Waals surface area contributed by atoms with Crippen molar-refractivity contribution in [3.8, 4) is 5.75 Å². The zero-order chi connectivity index (χ0) is 15.0. The minimum atomic E-state index is -0.441. The number of ether oxygens (including phenoxy) is 1. The molecule has 1 aromatic rings. The van der Waals surface area contributed by atoms with Gasteiger partial charge >= 0.3 is 0 Å². The Balaban J connectivity index is 2.59. The van der Waals surface area contributed by atoms with Crippen molar-refractivity contribution in [2.75, 3.05) is 19.7 Å². The molecule has 3 heteroatoms. The van der Waals surface area contributed by atoms with Crippen LogP contribution in [0.4, 0.5) is 0 Å². The molecule has 1 aromatic carbocycles. The van der Waals surface area contributed by atoms with E-state index in [0.29, 0.717) is 12.6 Å². The Bertz CT molecular complexity index is 362. The van der Waals surface area contributed by atoms with Gasteiger partial charge in [-0.05, 0) is 50.9 Å². The first-order valence-corrected chi connectivity index (χ1v) is 7.73. The number of hydrogen-bond donors (Lipinski definition) is 1. The van der Waals surface area contributed by atoms with Gasteiger partial charge in [0.15, 0.2) is 0 Å². The molecule has 1 unspecified atom stereocenters. The lowest BCUT2D eigenvalue weighted by molar-refractivity contribution is 0.0955. The molecule has 0 saturated carbocycles. The molecule has 0 aliphatic rings. The van der Waals surface area contributed by atoms with Crippen molar-refractivity contribution in [1.82, 2.24) is 4.90 Å². The summed E-state index contributed by atoms with van der Waals surface area (Å²) in [5, 5.41) is 10.4. The molecule has 0 fully saturated rings. The SMILES string of the molecule is CCCOc1ccc(C(O)CN(CCC)C(C)C)cc1. The van der Waals surface area contributed by atoms with Gasteiger partial charge in [0.05, 0.1) is 12.7 Å². The van der Waals surface area contributed by atoms with Gasteiger partial charge in [-0.2, -0.15) is 0 Å². The summed E-state index contributed by atoms with van der Waals surface area (Å²) in [7, 11) is 0. The first-order valence-electron chi connectivity index (χ1n) is 7.73. The molecule has 114 valence electrons. The van der Waals surface area contributed by atoms with E-state index in [1.54, 1.807) is 0 Å². The Hall–Kier alpha value is -1.06. The second-order valence-corrected chi connectivity index (χ2v) is 5.52. The second-order valence-electron chi connectivity index (χ2n) is 5.52. The van der Waals surface area contributed by atoms with E-state index in [1.807, 2.05) is 24.3 Å². The maximum Gasteiger partial charge on any atom is 0.119 e. The topological polar surface area (TPSA) is 32.7 Å². The third-order valence-corrected chi connectivity index (χ3v) is 3.39. The molecule has 0 radical (unpaired) electrons. The summed E-state index contributed by atoms with van der Waals surface area (Å²) in [6.07, 6.45) is 1.67. The van der Waals surface area contributed by atoms with E-state index in [2.05, 4.69) is 32.6 Å². The van der Waals surface area contributed by atoms with Crippen LogP contribution in [0.25, 0.3) is 0 Å². The molecular weight excluding hydrogens is 250 g/mol. The summed E-state index contributed by atoms with van der Waals surface area (Å²) < 4.78 is 5.56. The average molecular weight is 279 g/mol. The highest BCUT2D eigenvalue weighted by Crippen LogP contribution is 2.19. The molecule has 0 amide bonds. The molecule has 0 aliphatic carbocycles. The molecule has 1 N–H and O–H groups in total. The van der Waals surface area contributed by atoms with Crippen molar-refractivity contribution >= 4 is 0 Å². The number of aliphatic hydroxyl groups is 1. The summed E-state index contributed by atoms with van der Waals surface area (Å²) in [6.45, 7) is 11.0. The van der Waals surface area contributed by atoms with Gasteiger partial charge < -0.3 is 9.84 Å². The highest BCUT2D eigenvalue weighted by Gasteiger charge is 2.15. The van der Waals surface area contributed by atoms with E-state index < -0.39 is 6.10 Å². The van der Waals surface area contributed by atoms with Gasteiger partial charge in [-0.15, -0.1) is 0 Å². The van der Waals surface area contributed by atoms with Crippen molar-refractivity contribution in [3.05, 3.63) is 29.8 Å². The zero-order valence-corrected chi connectivity index (χ0v) is 13.3. The Morgan fingerprint density at radius 3 is 2.25 bits per heavy atom. The normalized spacial score (nSPS) is 12.9. The lowest BCUT2D eigenvalue weighted by Crippen LogP contribution is -2.35. The third kappa shape index (κ3) is 5.51. The van der Waals surface area contributed by atoms with Crippen LogP contribution in [0.3, 0.4) is 0 Å². The van der Waals surface area contributed by atoms with Gasteiger partial charge in [0.25, 0.3) is 0 Å². The maximum atomic E-state index is 10.4. The molecule has 0 saturated heterocycles. The van der Waals surface area contributed by atoms with Crippen LogP contribution in [0.15, 0.2) is 24.3 Å². The van der Waals surface area contributed by atoms with Crippen LogP contribution >= 0.6 is 0 Å². The summed E-state index contributed by atoms with van der Waals surface area (Å²) >= 11 is 0. The van der Waals surface area contributed by atoms with Gasteiger partial charge in [0.2, 0.25) is 0 Å². The van der Waals surface area contributed by atoms with Gasteiger partial charge in [-0.1, -0.05) is 26.0 Å². The van der Waals surface area contributed by atoms with E-state index in [0.717, 1.165) is 37.3 Å². The van der Waals surface area contributed by atoms with Gasteiger partial charge in [-0.25, -0.2) is 0 Å². The minimum absolute atomic E-state index is 0.441. The van der Waals surface area contributed by atoms with Crippen LogP contribution in [0.2, 0.25) is 0 Å². The lowest BCUT2D eigenvalue weighted by Gasteiger charge is -2.28. The number of aliphatic hydroxyl groups excluding tert-OH is 1. The highest BCUT2D eigenvalue weighted by atomic mass is 16.5. The molecule has 0 aromatic heterocycles. The van der Waals surface area contributed by atoms with E-state index in [9.17, 15) is 5.11 Å². The first-order chi connectivity index (χ1) is 9.58. The summed E-state index contributed by atoms with van der Waals surface area (Å²) in [4.78, 5) is 2.31.